The fourth-order valence-electron chi connectivity index (χ4n) is 2.96. The molecule has 0 radical (unpaired) electrons. The van der Waals surface area contributed by atoms with Gasteiger partial charge in [0, 0.05) is 13.1 Å². The number of unbranched alkanes of at least 4 members (excludes halogenated alkanes) is 3. The van der Waals surface area contributed by atoms with Gasteiger partial charge in [-0.25, -0.2) is 0 Å². The summed E-state index contributed by atoms with van der Waals surface area (Å²) in [5.41, 5.74) is 2.79. The smallest absolute Gasteiger partial charge is 0.0233 e. The molecular weight excluding hydrogens is 292 g/mol. The minimum absolute atomic E-state index is 0.988. The first-order chi connectivity index (χ1) is 11.9. The van der Waals surface area contributed by atoms with Crippen molar-refractivity contribution in [1.82, 2.24) is 10.2 Å². The van der Waals surface area contributed by atoms with Gasteiger partial charge in [-0.1, -0.05) is 80.4 Å². The molecule has 0 amide bonds. The van der Waals surface area contributed by atoms with E-state index >= 15 is 0 Å². The van der Waals surface area contributed by atoms with Crippen molar-refractivity contribution < 1.29 is 0 Å². The summed E-state index contributed by atoms with van der Waals surface area (Å²) in [5.74, 6) is 0. The van der Waals surface area contributed by atoms with E-state index < -0.39 is 0 Å². The highest BCUT2D eigenvalue weighted by Crippen LogP contribution is 2.07. The molecule has 1 N–H and O–H groups in total. The van der Waals surface area contributed by atoms with Crippen molar-refractivity contribution in [2.75, 3.05) is 19.6 Å². The standard InChI is InChI=1S/C22H32N2/c1-2-24(20-22-15-9-6-10-16-22)18-12-4-3-11-17-23-19-21-13-7-5-8-14-21/h5-10,13-16,23H,2-4,11-12,17-20H2,1H3. The topological polar surface area (TPSA) is 15.3 Å². The van der Waals surface area contributed by atoms with Crippen molar-refractivity contribution in [3.8, 4) is 0 Å². The lowest BCUT2D eigenvalue weighted by molar-refractivity contribution is 0.272. The van der Waals surface area contributed by atoms with E-state index in [4.69, 9.17) is 0 Å². The zero-order valence-electron chi connectivity index (χ0n) is 15.1. The molecule has 0 heterocycles. The van der Waals surface area contributed by atoms with Crippen molar-refractivity contribution in [3.63, 3.8) is 0 Å². The second kappa shape index (κ2) is 11.8. The van der Waals surface area contributed by atoms with Gasteiger partial charge in [-0.2, -0.15) is 0 Å². The van der Waals surface area contributed by atoms with Crippen LogP contribution in [0.2, 0.25) is 0 Å². The molecule has 0 bridgehead atoms. The normalized spacial score (nSPS) is 11.1. The molecule has 0 spiro atoms. The van der Waals surface area contributed by atoms with Gasteiger partial charge < -0.3 is 5.32 Å². The summed E-state index contributed by atoms with van der Waals surface area (Å²) in [7, 11) is 0. The van der Waals surface area contributed by atoms with Crippen molar-refractivity contribution in [3.05, 3.63) is 71.8 Å². The fourth-order valence-corrected chi connectivity index (χ4v) is 2.96. The Balaban J connectivity index is 1.48. The van der Waals surface area contributed by atoms with E-state index in [1.807, 2.05) is 0 Å². The van der Waals surface area contributed by atoms with Crippen molar-refractivity contribution in [1.29, 1.82) is 0 Å². The van der Waals surface area contributed by atoms with E-state index in [1.165, 1.54) is 43.4 Å². The Morgan fingerprint density at radius 2 is 1.38 bits per heavy atom. The third-order valence-electron chi connectivity index (χ3n) is 4.45. The van der Waals surface area contributed by atoms with Crippen LogP contribution in [0.4, 0.5) is 0 Å². The summed E-state index contributed by atoms with van der Waals surface area (Å²) in [4.78, 5) is 2.54. The number of rotatable bonds is 12. The maximum atomic E-state index is 3.53. The molecule has 0 fully saturated rings. The first-order valence-electron chi connectivity index (χ1n) is 9.39. The number of hydrogen-bond donors (Lipinski definition) is 1. The second-order valence-electron chi connectivity index (χ2n) is 6.43. The molecule has 0 saturated carbocycles. The van der Waals surface area contributed by atoms with Crippen LogP contribution in [0.3, 0.4) is 0 Å². The molecule has 0 aliphatic carbocycles. The highest BCUT2D eigenvalue weighted by atomic mass is 15.1. The SMILES string of the molecule is CCN(CCCCCCNCc1ccccc1)Cc1ccccc1. The molecule has 0 unspecified atom stereocenters. The van der Waals surface area contributed by atoms with Gasteiger partial charge in [-0.15, -0.1) is 0 Å². The lowest BCUT2D eigenvalue weighted by atomic mass is 10.1. The van der Waals surface area contributed by atoms with Crippen LogP contribution in [0.15, 0.2) is 60.7 Å². The van der Waals surface area contributed by atoms with Gasteiger partial charge in [-0.05, 0) is 43.6 Å². The average molecular weight is 325 g/mol. The monoisotopic (exact) mass is 324 g/mol. The molecule has 0 atom stereocenters. The Kier molecular flexibility index (Phi) is 9.21. The van der Waals surface area contributed by atoms with E-state index in [1.54, 1.807) is 0 Å². The van der Waals surface area contributed by atoms with E-state index in [-0.39, 0.29) is 0 Å². The van der Waals surface area contributed by atoms with Crippen LogP contribution >= 0.6 is 0 Å². The number of benzene rings is 2. The molecule has 2 aromatic carbocycles. The molecule has 130 valence electrons. The van der Waals surface area contributed by atoms with E-state index in [0.29, 0.717) is 0 Å². The summed E-state index contributed by atoms with van der Waals surface area (Å²) < 4.78 is 0. The number of hydrogen-bond acceptors (Lipinski definition) is 2. The quantitative estimate of drug-likeness (QED) is 0.561. The fraction of sp³-hybridized carbons (Fsp3) is 0.455. The molecule has 0 aliphatic rings. The zero-order valence-corrected chi connectivity index (χ0v) is 15.1. The van der Waals surface area contributed by atoms with Gasteiger partial charge in [0.1, 0.15) is 0 Å². The lowest BCUT2D eigenvalue weighted by Gasteiger charge is -2.20. The van der Waals surface area contributed by atoms with Gasteiger partial charge in [0.15, 0.2) is 0 Å². The summed E-state index contributed by atoms with van der Waals surface area (Å²) >= 11 is 0. The first-order valence-corrected chi connectivity index (χ1v) is 9.39. The van der Waals surface area contributed by atoms with Crippen LogP contribution in [0.1, 0.15) is 43.7 Å². The maximum Gasteiger partial charge on any atom is 0.0233 e. The summed E-state index contributed by atoms with van der Waals surface area (Å²) in [5, 5.41) is 3.53. The zero-order chi connectivity index (χ0) is 16.9. The average Bonchev–Trinajstić information content (AvgIpc) is 2.64. The van der Waals surface area contributed by atoms with E-state index in [0.717, 1.165) is 26.2 Å². The highest BCUT2D eigenvalue weighted by Gasteiger charge is 2.03. The van der Waals surface area contributed by atoms with Crippen molar-refractivity contribution >= 4 is 0 Å². The third kappa shape index (κ3) is 7.76. The van der Waals surface area contributed by atoms with Crippen molar-refractivity contribution in [2.24, 2.45) is 0 Å². The Bertz CT molecular complexity index is 524. The van der Waals surface area contributed by atoms with Crippen LogP contribution in [0.25, 0.3) is 0 Å². The van der Waals surface area contributed by atoms with E-state index in [9.17, 15) is 0 Å². The minimum atomic E-state index is 0.988. The molecule has 0 aliphatic heterocycles. The van der Waals surface area contributed by atoms with Gasteiger partial charge in [-0.3, -0.25) is 4.90 Å². The molecule has 0 aromatic heterocycles. The summed E-state index contributed by atoms with van der Waals surface area (Å²) in [6.45, 7) is 7.79. The largest absolute Gasteiger partial charge is 0.313 e. The molecule has 24 heavy (non-hydrogen) atoms. The third-order valence-corrected chi connectivity index (χ3v) is 4.45. The van der Waals surface area contributed by atoms with Crippen LogP contribution in [-0.2, 0) is 13.1 Å². The lowest BCUT2D eigenvalue weighted by Crippen LogP contribution is -2.24. The highest BCUT2D eigenvalue weighted by molar-refractivity contribution is 5.14. The molecule has 2 heteroatoms. The summed E-state index contributed by atoms with van der Waals surface area (Å²) in [6, 6.07) is 21.4. The van der Waals surface area contributed by atoms with Crippen molar-refractivity contribution in [2.45, 2.75) is 45.7 Å². The molecule has 2 aromatic rings. The Morgan fingerprint density at radius 1 is 0.750 bits per heavy atom. The molecule has 2 nitrogen and oxygen atoms in total. The molecule has 0 saturated heterocycles. The van der Waals surface area contributed by atoms with Crippen LogP contribution in [0.5, 0.6) is 0 Å². The Morgan fingerprint density at radius 3 is 2.04 bits per heavy atom. The van der Waals surface area contributed by atoms with Gasteiger partial charge >= 0.3 is 0 Å². The maximum absolute atomic E-state index is 3.53. The predicted octanol–water partition coefficient (Wildman–Crippen LogP) is 4.86. The van der Waals surface area contributed by atoms with E-state index in [2.05, 4.69) is 77.8 Å². The number of nitrogens with one attached hydrogen (secondary N) is 1. The summed E-state index contributed by atoms with van der Waals surface area (Å²) in [6.07, 6.45) is 5.24. The van der Waals surface area contributed by atoms with Crippen LogP contribution in [-0.4, -0.2) is 24.5 Å². The van der Waals surface area contributed by atoms with Gasteiger partial charge in [0.2, 0.25) is 0 Å². The van der Waals surface area contributed by atoms with Crippen LogP contribution in [0, 0.1) is 0 Å². The Labute approximate surface area is 147 Å². The molecule has 2 rings (SSSR count). The molecular formula is C22H32N2. The predicted molar refractivity (Wildman–Crippen MR) is 104 cm³/mol. The number of nitrogens with zero attached hydrogens (tertiary/aromatic N) is 1. The minimum Gasteiger partial charge on any atom is -0.313 e. The van der Waals surface area contributed by atoms with Crippen LogP contribution < -0.4 is 5.32 Å². The second-order valence-corrected chi connectivity index (χ2v) is 6.43. The first kappa shape index (κ1) is 18.7. The Hall–Kier alpha value is -1.64. The van der Waals surface area contributed by atoms with Gasteiger partial charge in [0.25, 0.3) is 0 Å². The van der Waals surface area contributed by atoms with Gasteiger partial charge in [0.05, 0.1) is 0 Å².